The number of nitrogens with zero attached hydrogens (tertiary/aromatic N) is 2. The molecule has 0 unspecified atom stereocenters. The molecule has 0 amide bonds. The summed E-state index contributed by atoms with van der Waals surface area (Å²) in [5.74, 6) is 2.11. The van der Waals surface area contributed by atoms with Crippen LogP contribution in [0, 0.1) is 13.8 Å². The highest BCUT2D eigenvalue weighted by atomic mass is 14.9. The van der Waals surface area contributed by atoms with Gasteiger partial charge in [-0.05, 0) is 55.9 Å². The molecule has 1 aliphatic carbocycles. The van der Waals surface area contributed by atoms with Crippen molar-refractivity contribution < 1.29 is 0 Å². The zero-order chi connectivity index (χ0) is 14.3. The second-order valence-electron chi connectivity index (χ2n) is 6.56. The van der Waals surface area contributed by atoms with Crippen LogP contribution in [0.1, 0.15) is 74.0 Å². The van der Waals surface area contributed by atoms with Gasteiger partial charge >= 0.3 is 0 Å². The van der Waals surface area contributed by atoms with E-state index in [1.165, 1.54) is 47.9 Å². The summed E-state index contributed by atoms with van der Waals surface area (Å²) in [6.07, 6.45) is 5.17. The first-order valence-electron chi connectivity index (χ1n) is 7.85. The highest BCUT2D eigenvalue weighted by Gasteiger charge is 2.22. The Morgan fingerprint density at radius 3 is 2.30 bits per heavy atom. The molecule has 1 aromatic carbocycles. The minimum atomic E-state index is 0.447. The number of aryl methyl sites for hydroxylation is 2. The van der Waals surface area contributed by atoms with Crippen LogP contribution in [0.15, 0.2) is 12.1 Å². The molecule has 2 heteroatoms. The SMILES string of the molecule is Cc1cc2nc(C3CCCC3)nc(C(C)C)c2cc1C. The van der Waals surface area contributed by atoms with Crippen LogP contribution >= 0.6 is 0 Å². The zero-order valence-corrected chi connectivity index (χ0v) is 13.0. The first-order chi connectivity index (χ1) is 9.56. The van der Waals surface area contributed by atoms with Gasteiger partial charge in [-0.25, -0.2) is 9.97 Å². The Hall–Kier alpha value is -1.44. The standard InChI is InChI=1S/C18H24N2/c1-11(2)17-15-9-12(3)13(4)10-16(15)19-18(20-17)14-7-5-6-8-14/h9-11,14H,5-8H2,1-4H3. The largest absolute Gasteiger partial charge is 0.237 e. The third kappa shape index (κ3) is 2.32. The van der Waals surface area contributed by atoms with Crippen LogP contribution in [0.3, 0.4) is 0 Å². The van der Waals surface area contributed by atoms with Crippen LogP contribution in [-0.2, 0) is 0 Å². The Morgan fingerprint density at radius 2 is 1.65 bits per heavy atom. The molecule has 0 bridgehead atoms. The van der Waals surface area contributed by atoms with E-state index in [1.54, 1.807) is 0 Å². The average molecular weight is 268 g/mol. The molecule has 1 heterocycles. The maximum atomic E-state index is 4.94. The fourth-order valence-electron chi connectivity index (χ4n) is 3.24. The number of aromatic nitrogens is 2. The van der Waals surface area contributed by atoms with Gasteiger partial charge in [-0.1, -0.05) is 26.7 Å². The third-order valence-electron chi connectivity index (χ3n) is 4.63. The van der Waals surface area contributed by atoms with Crippen molar-refractivity contribution in [2.24, 2.45) is 0 Å². The van der Waals surface area contributed by atoms with Crippen molar-refractivity contribution in [1.29, 1.82) is 0 Å². The summed E-state index contributed by atoms with van der Waals surface area (Å²) in [7, 11) is 0. The topological polar surface area (TPSA) is 25.8 Å². The Bertz CT molecular complexity index is 637. The molecular weight excluding hydrogens is 244 g/mol. The van der Waals surface area contributed by atoms with E-state index >= 15 is 0 Å². The quantitative estimate of drug-likeness (QED) is 0.763. The Kier molecular flexibility index (Phi) is 3.49. The molecule has 0 atom stereocenters. The van der Waals surface area contributed by atoms with E-state index in [0.717, 1.165) is 11.3 Å². The Labute approximate surface area is 121 Å². The average Bonchev–Trinajstić information content (AvgIpc) is 2.92. The molecule has 1 saturated carbocycles. The summed E-state index contributed by atoms with van der Waals surface area (Å²) in [6.45, 7) is 8.80. The van der Waals surface area contributed by atoms with Crippen molar-refractivity contribution in [2.75, 3.05) is 0 Å². The smallest absolute Gasteiger partial charge is 0.132 e. The normalized spacial score (nSPS) is 16.4. The molecule has 0 radical (unpaired) electrons. The second kappa shape index (κ2) is 5.16. The van der Waals surface area contributed by atoms with Gasteiger partial charge in [0.1, 0.15) is 5.82 Å². The van der Waals surface area contributed by atoms with E-state index in [2.05, 4.69) is 39.8 Å². The zero-order valence-electron chi connectivity index (χ0n) is 13.0. The summed E-state index contributed by atoms with van der Waals surface area (Å²) in [5, 5.41) is 1.24. The van der Waals surface area contributed by atoms with Crippen molar-refractivity contribution in [2.45, 2.75) is 65.2 Å². The fourth-order valence-corrected chi connectivity index (χ4v) is 3.24. The van der Waals surface area contributed by atoms with Gasteiger partial charge in [0.05, 0.1) is 11.2 Å². The highest BCUT2D eigenvalue weighted by molar-refractivity contribution is 5.83. The molecule has 0 aliphatic heterocycles. The van der Waals surface area contributed by atoms with Gasteiger partial charge in [0.25, 0.3) is 0 Å². The lowest BCUT2D eigenvalue weighted by Gasteiger charge is -2.15. The van der Waals surface area contributed by atoms with Crippen molar-refractivity contribution in [3.63, 3.8) is 0 Å². The molecule has 1 aromatic heterocycles. The van der Waals surface area contributed by atoms with Crippen LogP contribution in [0.5, 0.6) is 0 Å². The summed E-state index contributed by atoms with van der Waals surface area (Å²) in [6, 6.07) is 4.50. The van der Waals surface area contributed by atoms with Crippen molar-refractivity contribution >= 4 is 10.9 Å². The molecule has 1 aliphatic rings. The van der Waals surface area contributed by atoms with Crippen molar-refractivity contribution in [1.82, 2.24) is 9.97 Å². The van der Waals surface area contributed by atoms with Crippen LogP contribution in [0.2, 0.25) is 0 Å². The number of benzene rings is 1. The van der Waals surface area contributed by atoms with Gasteiger partial charge in [0.15, 0.2) is 0 Å². The minimum absolute atomic E-state index is 0.447. The summed E-state index contributed by atoms with van der Waals surface area (Å²) >= 11 is 0. The van der Waals surface area contributed by atoms with Gasteiger partial charge in [0, 0.05) is 11.3 Å². The molecular formula is C18H24N2. The fraction of sp³-hybridized carbons (Fsp3) is 0.556. The van der Waals surface area contributed by atoms with E-state index in [-0.39, 0.29) is 0 Å². The van der Waals surface area contributed by atoms with E-state index in [9.17, 15) is 0 Å². The van der Waals surface area contributed by atoms with E-state index in [0.29, 0.717) is 11.8 Å². The predicted molar refractivity (Wildman–Crippen MR) is 84.3 cm³/mol. The van der Waals surface area contributed by atoms with Crippen LogP contribution in [0.25, 0.3) is 10.9 Å². The molecule has 0 N–H and O–H groups in total. The van der Waals surface area contributed by atoms with Gasteiger partial charge in [-0.15, -0.1) is 0 Å². The molecule has 1 fully saturated rings. The molecule has 2 aromatic rings. The molecule has 20 heavy (non-hydrogen) atoms. The van der Waals surface area contributed by atoms with Crippen LogP contribution in [-0.4, -0.2) is 9.97 Å². The number of hydrogen-bond donors (Lipinski definition) is 0. The maximum absolute atomic E-state index is 4.94. The predicted octanol–water partition coefficient (Wildman–Crippen LogP) is 5.03. The number of rotatable bonds is 2. The monoisotopic (exact) mass is 268 g/mol. The minimum Gasteiger partial charge on any atom is -0.237 e. The molecule has 3 rings (SSSR count). The Balaban J connectivity index is 2.22. The molecule has 0 saturated heterocycles. The molecule has 2 nitrogen and oxygen atoms in total. The summed E-state index contributed by atoms with van der Waals surface area (Å²) in [4.78, 5) is 9.83. The molecule has 0 spiro atoms. The maximum Gasteiger partial charge on any atom is 0.132 e. The first kappa shape index (κ1) is 13.5. The van der Waals surface area contributed by atoms with Crippen LogP contribution in [0.4, 0.5) is 0 Å². The molecule has 106 valence electrons. The second-order valence-corrected chi connectivity index (χ2v) is 6.56. The Morgan fingerprint density at radius 1 is 1.00 bits per heavy atom. The van der Waals surface area contributed by atoms with Crippen LogP contribution < -0.4 is 0 Å². The summed E-state index contributed by atoms with van der Waals surface area (Å²) < 4.78 is 0. The van der Waals surface area contributed by atoms with Crippen molar-refractivity contribution in [3.8, 4) is 0 Å². The first-order valence-corrected chi connectivity index (χ1v) is 7.85. The van der Waals surface area contributed by atoms with Gasteiger partial charge in [-0.2, -0.15) is 0 Å². The van der Waals surface area contributed by atoms with E-state index in [4.69, 9.17) is 9.97 Å². The third-order valence-corrected chi connectivity index (χ3v) is 4.63. The van der Waals surface area contributed by atoms with Crippen molar-refractivity contribution in [3.05, 3.63) is 34.8 Å². The van der Waals surface area contributed by atoms with E-state index < -0.39 is 0 Å². The van der Waals surface area contributed by atoms with E-state index in [1.807, 2.05) is 0 Å². The number of hydrogen-bond acceptors (Lipinski definition) is 2. The van der Waals surface area contributed by atoms with Gasteiger partial charge in [-0.3, -0.25) is 0 Å². The lowest BCUT2D eigenvalue weighted by molar-refractivity contribution is 0.659. The van der Waals surface area contributed by atoms with Gasteiger partial charge < -0.3 is 0 Å². The number of fused-ring (bicyclic) bond motifs is 1. The highest BCUT2D eigenvalue weighted by Crippen LogP contribution is 2.34. The summed E-state index contributed by atoms with van der Waals surface area (Å²) in [5.41, 5.74) is 5.01. The van der Waals surface area contributed by atoms with Gasteiger partial charge in [0.2, 0.25) is 0 Å². The lowest BCUT2D eigenvalue weighted by Crippen LogP contribution is -2.06. The lowest BCUT2D eigenvalue weighted by atomic mass is 9.99.